The molecule has 0 unspecified atom stereocenters. The topological polar surface area (TPSA) is 104 Å². The van der Waals surface area contributed by atoms with E-state index in [4.69, 9.17) is 0 Å². The van der Waals surface area contributed by atoms with Gasteiger partial charge in [0.15, 0.2) is 0 Å². The number of amides is 1. The zero-order valence-electron chi connectivity index (χ0n) is 19.2. The van der Waals surface area contributed by atoms with Crippen LogP contribution in [0.1, 0.15) is 29.5 Å². The first-order valence-electron chi connectivity index (χ1n) is 11.3. The molecule has 0 spiro atoms. The maximum atomic E-state index is 12.6. The third-order valence-corrected chi connectivity index (χ3v) is 6.81. The van der Waals surface area contributed by atoms with Crippen LogP contribution < -0.4 is 9.50 Å². The average molecular weight is 523 g/mol. The zero-order valence-corrected chi connectivity index (χ0v) is 20.0. The first kappa shape index (κ1) is 25.7. The third-order valence-electron chi connectivity index (χ3n) is 5.83. The lowest BCUT2D eigenvalue weighted by atomic mass is 9.99. The van der Waals surface area contributed by atoms with Crippen LogP contribution >= 0.6 is 0 Å². The van der Waals surface area contributed by atoms with E-state index < -0.39 is 15.6 Å². The Labute approximate surface area is 206 Å². The van der Waals surface area contributed by atoms with Gasteiger partial charge in [-0.25, -0.2) is 4.98 Å². The van der Waals surface area contributed by atoms with Gasteiger partial charge in [0.2, 0.25) is 5.91 Å². The van der Waals surface area contributed by atoms with Crippen molar-refractivity contribution in [2.45, 2.75) is 31.3 Å². The Bertz CT molecular complexity index is 1370. The van der Waals surface area contributed by atoms with Gasteiger partial charge in [-0.2, -0.15) is 21.6 Å². The van der Waals surface area contributed by atoms with E-state index in [1.165, 1.54) is 18.2 Å². The average Bonchev–Trinajstić information content (AvgIpc) is 3.29. The van der Waals surface area contributed by atoms with Crippen LogP contribution in [0.4, 0.5) is 13.2 Å². The second-order valence-corrected chi connectivity index (χ2v) is 9.99. The minimum absolute atomic E-state index is 0.189. The van der Waals surface area contributed by atoms with Gasteiger partial charge in [-0.05, 0) is 72.8 Å². The highest BCUT2D eigenvalue weighted by Crippen LogP contribution is 2.29. The third kappa shape index (κ3) is 6.43. The maximum Gasteiger partial charge on any atom is 0.534 e. The fourth-order valence-electron chi connectivity index (χ4n) is 3.96. The van der Waals surface area contributed by atoms with E-state index >= 15 is 0 Å². The number of carbonyl (C=O) groups is 1. The highest BCUT2D eigenvalue weighted by Gasteiger charge is 2.48. The fourth-order valence-corrected chi connectivity index (χ4v) is 4.42. The van der Waals surface area contributed by atoms with Crippen molar-refractivity contribution in [3.8, 4) is 5.75 Å². The lowest BCUT2D eigenvalue weighted by molar-refractivity contribution is -0.116. The molecular formula is C24H25F3N4O4S. The molecule has 0 saturated heterocycles. The molecule has 1 amide bonds. The van der Waals surface area contributed by atoms with Crippen molar-refractivity contribution in [1.29, 1.82) is 0 Å². The smallest absolute Gasteiger partial charge is 0.376 e. The van der Waals surface area contributed by atoms with Gasteiger partial charge >= 0.3 is 15.6 Å². The standard InChI is InChI=1S/C24H25F3N4O4S/c25-24(26,27)36(33,34)35-20-6-5-18-9-12-31(15-19(18)14-20)11-2-1-10-28-23(32)8-4-17-3-7-21-22(13-17)30-16-29-21/h3-8,13-14,16H,1-2,9-12,15H2,(H,28,32)(H,29,30)/b8-4+. The summed E-state index contributed by atoms with van der Waals surface area (Å²) in [6.07, 6.45) is 7.10. The summed E-state index contributed by atoms with van der Waals surface area (Å²) in [7, 11) is -5.70. The molecule has 36 heavy (non-hydrogen) atoms. The van der Waals surface area contributed by atoms with Crippen LogP contribution in [0.15, 0.2) is 48.8 Å². The molecule has 0 saturated carbocycles. The molecule has 1 aliphatic heterocycles. The van der Waals surface area contributed by atoms with E-state index in [1.807, 2.05) is 18.2 Å². The predicted molar refractivity (Wildman–Crippen MR) is 128 cm³/mol. The minimum atomic E-state index is -5.70. The molecule has 0 atom stereocenters. The van der Waals surface area contributed by atoms with E-state index in [1.54, 1.807) is 18.5 Å². The van der Waals surface area contributed by atoms with Crippen LogP contribution in [0.25, 0.3) is 17.1 Å². The summed E-state index contributed by atoms with van der Waals surface area (Å²) < 4.78 is 64.5. The number of aromatic amines is 1. The van der Waals surface area contributed by atoms with Gasteiger partial charge in [-0.1, -0.05) is 12.1 Å². The lowest BCUT2D eigenvalue weighted by Gasteiger charge is -2.29. The summed E-state index contributed by atoms with van der Waals surface area (Å²) >= 11 is 0. The Morgan fingerprint density at radius 3 is 2.81 bits per heavy atom. The van der Waals surface area contributed by atoms with Gasteiger partial charge in [0.25, 0.3) is 0 Å². The summed E-state index contributed by atoms with van der Waals surface area (Å²) in [4.78, 5) is 21.4. The molecule has 12 heteroatoms. The van der Waals surface area contributed by atoms with Crippen molar-refractivity contribution in [3.63, 3.8) is 0 Å². The van der Waals surface area contributed by atoms with Crippen LogP contribution in [-0.4, -0.2) is 54.3 Å². The summed E-state index contributed by atoms with van der Waals surface area (Å²) in [5.74, 6) is -0.543. The van der Waals surface area contributed by atoms with Crippen LogP contribution in [-0.2, 0) is 27.9 Å². The van der Waals surface area contributed by atoms with Gasteiger partial charge in [-0.15, -0.1) is 0 Å². The number of imidazole rings is 1. The molecule has 4 rings (SSSR count). The van der Waals surface area contributed by atoms with Crippen molar-refractivity contribution < 1.29 is 30.6 Å². The molecule has 1 aliphatic rings. The summed E-state index contributed by atoms with van der Waals surface area (Å²) in [6, 6.07) is 9.87. The van der Waals surface area contributed by atoms with E-state index in [-0.39, 0.29) is 11.7 Å². The quantitative estimate of drug-likeness (QED) is 0.192. The Kier molecular flexibility index (Phi) is 7.65. The van der Waals surface area contributed by atoms with Crippen molar-refractivity contribution >= 4 is 33.1 Å². The zero-order chi connectivity index (χ0) is 25.8. The summed E-state index contributed by atoms with van der Waals surface area (Å²) in [5.41, 5.74) is -1.16. The molecule has 2 aromatic carbocycles. The first-order valence-corrected chi connectivity index (χ1v) is 12.8. The van der Waals surface area contributed by atoms with Crippen molar-refractivity contribution in [1.82, 2.24) is 20.2 Å². The first-order chi connectivity index (χ1) is 17.1. The molecule has 0 fully saturated rings. The molecule has 2 heterocycles. The second-order valence-electron chi connectivity index (χ2n) is 8.45. The van der Waals surface area contributed by atoms with E-state index in [9.17, 15) is 26.4 Å². The number of carbonyl (C=O) groups excluding carboxylic acids is 1. The SMILES string of the molecule is O=C(/C=C/c1ccc2[nH]cnc2c1)NCCCCN1CCc2ccc(OS(=O)(=O)C(F)(F)F)cc2C1. The molecule has 0 aliphatic carbocycles. The van der Waals surface area contributed by atoms with Crippen LogP contribution in [0.3, 0.4) is 0 Å². The fraction of sp³-hybridized carbons (Fsp3) is 0.333. The highest BCUT2D eigenvalue weighted by molar-refractivity contribution is 7.88. The number of hydrogen-bond donors (Lipinski definition) is 2. The molecule has 192 valence electrons. The maximum absolute atomic E-state index is 12.6. The number of alkyl halides is 3. The van der Waals surface area contributed by atoms with Gasteiger partial charge < -0.3 is 14.5 Å². The Hall–Kier alpha value is -3.38. The van der Waals surface area contributed by atoms with Crippen LogP contribution in [0.2, 0.25) is 0 Å². The normalized spacial score (nSPS) is 14.8. The van der Waals surface area contributed by atoms with E-state index in [0.717, 1.165) is 53.7 Å². The number of unbranched alkanes of at least 4 members (excludes halogenated alkanes) is 1. The monoisotopic (exact) mass is 522 g/mol. The number of fused-ring (bicyclic) bond motifs is 2. The summed E-state index contributed by atoms with van der Waals surface area (Å²) in [5, 5.41) is 2.85. The van der Waals surface area contributed by atoms with Gasteiger partial charge in [0, 0.05) is 25.7 Å². The number of nitrogens with zero attached hydrogens (tertiary/aromatic N) is 2. The molecule has 8 nitrogen and oxygen atoms in total. The molecular weight excluding hydrogens is 497 g/mol. The van der Waals surface area contributed by atoms with Crippen molar-refractivity contribution in [2.24, 2.45) is 0 Å². The van der Waals surface area contributed by atoms with Gasteiger partial charge in [0.1, 0.15) is 5.75 Å². The van der Waals surface area contributed by atoms with Gasteiger partial charge in [0.05, 0.1) is 17.4 Å². The molecule has 0 radical (unpaired) electrons. The number of hydrogen-bond acceptors (Lipinski definition) is 6. The van der Waals surface area contributed by atoms with E-state index in [0.29, 0.717) is 19.5 Å². The van der Waals surface area contributed by atoms with Crippen LogP contribution in [0, 0.1) is 0 Å². The molecule has 2 N–H and O–H groups in total. The predicted octanol–water partition coefficient (Wildman–Crippen LogP) is 3.76. The van der Waals surface area contributed by atoms with Gasteiger partial charge in [-0.3, -0.25) is 9.69 Å². The van der Waals surface area contributed by atoms with Crippen molar-refractivity contribution in [3.05, 3.63) is 65.5 Å². The molecule has 0 bridgehead atoms. The Balaban J connectivity index is 1.19. The van der Waals surface area contributed by atoms with Crippen LogP contribution in [0.5, 0.6) is 5.75 Å². The minimum Gasteiger partial charge on any atom is -0.376 e. The highest BCUT2D eigenvalue weighted by atomic mass is 32.2. The van der Waals surface area contributed by atoms with Crippen molar-refractivity contribution in [2.75, 3.05) is 19.6 Å². The molecule has 1 aromatic heterocycles. The Morgan fingerprint density at radius 2 is 2.00 bits per heavy atom. The second kappa shape index (κ2) is 10.7. The number of aromatic nitrogens is 2. The molecule has 3 aromatic rings. The number of benzene rings is 2. The largest absolute Gasteiger partial charge is 0.534 e. The number of nitrogens with one attached hydrogen (secondary N) is 2. The summed E-state index contributed by atoms with van der Waals surface area (Å²) in [6.45, 7) is 2.51. The number of halogens is 3. The number of rotatable bonds is 9. The Morgan fingerprint density at radius 1 is 1.17 bits per heavy atom. The lowest BCUT2D eigenvalue weighted by Crippen LogP contribution is -2.32. The number of H-pyrrole nitrogens is 1. The van der Waals surface area contributed by atoms with E-state index in [2.05, 4.69) is 24.4 Å².